The van der Waals surface area contributed by atoms with Crippen molar-refractivity contribution < 1.29 is 14.0 Å². The van der Waals surface area contributed by atoms with Crippen molar-refractivity contribution >= 4 is 62.8 Å². The number of benzene rings is 7. The van der Waals surface area contributed by atoms with Crippen molar-refractivity contribution in [1.82, 2.24) is 4.57 Å². The van der Waals surface area contributed by atoms with Gasteiger partial charge in [0.25, 0.3) is 0 Å². The molecule has 6 nitrogen and oxygen atoms in total. The monoisotopic (exact) mass is 785 g/mol. The van der Waals surface area contributed by atoms with E-state index in [9.17, 15) is 0 Å². The van der Waals surface area contributed by atoms with Crippen molar-refractivity contribution in [1.29, 1.82) is 0 Å². The number of ether oxygens (including phenoxy) is 1. The topological polar surface area (TPSA) is 39.1 Å². The largest absolute Gasteiger partial charge is 0.494 e. The minimum Gasteiger partial charge on any atom is -0.453 e. The van der Waals surface area contributed by atoms with Gasteiger partial charge in [-0.25, -0.2) is 0 Å². The minimum absolute atomic E-state index is 0.274. The minimum atomic E-state index is -0.421. The maximum absolute atomic E-state index is 6.69. The Morgan fingerprint density at radius 3 is 1.92 bits per heavy atom. The highest BCUT2D eigenvalue weighted by Crippen LogP contribution is 2.53. The fourth-order valence-corrected chi connectivity index (χ4v) is 9.71. The highest BCUT2D eigenvalue weighted by Gasteiger charge is 2.52. The highest BCUT2D eigenvalue weighted by atomic mass is 16.7. The zero-order chi connectivity index (χ0) is 41.1. The molecule has 1 aliphatic carbocycles. The van der Waals surface area contributed by atoms with E-state index in [1.54, 1.807) is 0 Å². The SMILES string of the molecule is CCN1c2ccccc2Oc2cc(N(c3ccc4c(c3)C(C)(C)c3cc(B5OC(C)(C)C(C)(C)O5)ccc3-4)c3ccc4c(c3)c3ccccc3n4-c3ccccc3)ccc21. The molecule has 1 fully saturated rings. The van der Waals surface area contributed by atoms with Crippen LogP contribution in [0.3, 0.4) is 0 Å². The summed E-state index contributed by atoms with van der Waals surface area (Å²) in [6.07, 6.45) is 0. The van der Waals surface area contributed by atoms with E-state index in [4.69, 9.17) is 14.0 Å². The van der Waals surface area contributed by atoms with Crippen molar-refractivity contribution in [3.8, 4) is 28.3 Å². The first-order valence-electron chi connectivity index (χ1n) is 21.2. The van der Waals surface area contributed by atoms with Crippen LogP contribution in [-0.4, -0.2) is 29.4 Å². The molecule has 0 unspecified atom stereocenters. The quantitative estimate of drug-likeness (QED) is 0.157. The lowest BCUT2D eigenvalue weighted by molar-refractivity contribution is 0.00578. The van der Waals surface area contributed by atoms with E-state index < -0.39 is 18.3 Å². The first-order valence-corrected chi connectivity index (χ1v) is 21.2. The third kappa shape index (κ3) is 5.42. The lowest BCUT2D eigenvalue weighted by Crippen LogP contribution is -2.41. The first kappa shape index (κ1) is 36.8. The third-order valence-corrected chi connectivity index (χ3v) is 13.6. The van der Waals surface area contributed by atoms with Gasteiger partial charge in [-0.2, -0.15) is 0 Å². The maximum Gasteiger partial charge on any atom is 0.494 e. The van der Waals surface area contributed by atoms with E-state index in [2.05, 4.69) is 208 Å². The molecule has 2 aliphatic heterocycles. The highest BCUT2D eigenvalue weighted by molar-refractivity contribution is 6.62. The molecule has 3 heterocycles. The Balaban J connectivity index is 1.07. The maximum atomic E-state index is 6.69. The summed E-state index contributed by atoms with van der Waals surface area (Å²) in [6.45, 7) is 16.1. The molecular formula is C53H48BN3O3. The van der Waals surface area contributed by atoms with E-state index in [1.165, 1.54) is 44.1 Å². The lowest BCUT2D eigenvalue weighted by atomic mass is 9.74. The number of nitrogens with zero attached hydrogens (tertiary/aromatic N) is 3. The molecular weight excluding hydrogens is 737 g/mol. The van der Waals surface area contributed by atoms with Crippen molar-refractivity contribution in [2.45, 2.75) is 65.1 Å². The molecule has 0 N–H and O–H groups in total. The van der Waals surface area contributed by atoms with Gasteiger partial charge in [-0.15, -0.1) is 0 Å². The smallest absolute Gasteiger partial charge is 0.453 e. The van der Waals surface area contributed by atoms with Gasteiger partial charge in [0, 0.05) is 51.5 Å². The molecule has 60 heavy (non-hydrogen) atoms. The van der Waals surface area contributed by atoms with Crippen LogP contribution in [0.1, 0.15) is 59.6 Å². The number of fused-ring (bicyclic) bond motifs is 8. The predicted molar refractivity (Wildman–Crippen MR) is 248 cm³/mol. The Kier molecular flexibility index (Phi) is 8.04. The van der Waals surface area contributed by atoms with Gasteiger partial charge >= 0.3 is 7.12 Å². The fourth-order valence-electron chi connectivity index (χ4n) is 9.71. The zero-order valence-corrected chi connectivity index (χ0v) is 35.3. The number of hydrogen-bond donors (Lipinski definition) is 0. The summed E-state index contributed by atoms with van der Waals surface area (Å²) in [5.41, 5.74) is 13.8. The summed E-state index contributed by atoms with van der Waals surface area (Å²) in [5, 5.41) is 2.41. The molecule has 0 amide bonds. The summed E-state index contributed by atoms with van der Waals surface area (Å²) in [5.74, 6) is 1.70. The van der Waals surface area contributed by atoms with E-state index in [0.29, 0.717) is 0 Å². The number of rotatable bonds is 6. The number of hydrogen-bond acceptors (Lipinski definition) is 5. The second kappa shape index (κ2) is 13.1. The van der Waals surface area contributed by atoms with Crippen LogP contribution < -0.4 is 20.0 Å². The Hall–Kier alpha value is -6.28. The number of para-hydroxylation sites is 4. The molecule has 0 spiro atoms. The van der Waals surface area contributed by atoms with Crippen LogP contribution in [0.25, 0.3) is 38.6 Å². The van der Waals surface area contributed by atoms with Crippen molar-refractivity contribution in [2.24, 2.45) is 0 Å². The predicted octanol–water partition coefficient (Wildman–Crippen LogP) is 13.1. The lowest BCUT2D eigenvalue weighted by Gasteiger charge is -2.33. The molecule has 11 rings (SSSR count). The van der Waals surface area contributed by atoms with E-state index in [1.807, 2.05) is 6.07 Å². The van der Waals surface area contributed by atoms with Gasteiger partial charge in [0.1, 0.15) is 0 Å². The van der Waals surface area contributed by atoms with Crippen LogP contribution in [0.15, 0.2) is 152 Å². The van der Waals surface area contributed by atoms with Gasteiger partial charge in [-0.3, -0.25) is 0 Å². The average molecular weight is 786 g/mol. The summed E-state index contributed by atoms with van der Waals surface area (Å²) in [4.78, 5) is 4.73. The molecule has 3 aliphatic rings. The van der Waals surface area contributed by atoms with Gasteiger partial charge < -0.3 is 28.4 Å². The van der Waals surface area contributed by atoms with Crippen LogP contribution in [0.2, 0.25) is 0 Å². The van der Waals surface area contributed by atoms with E-state index >= 15 is 0 Å². The molecule has 0 atom stereocenters. The zero-order valence-electron chi connectivity index (χ0n) is 35.3. The van der Waals surface area contributed by atoms with Crippen LogP contribution in [0.5, 0.6) is 11.5 Å². The summed E-state index contributed by atoms with van der Waals surface area (Å²) >= 11 is 0. The van der Waals surface area contributed by atoms with Gasteiger partial charge in [-0.1, -0.05) is 86.6 Å². The van der Waals surface area contributed by atoms with Crippen molar-refractivity contribution in [2.75, 3.05) is 16.3 Å². The fraction of sp³-hybridized carbons (Fsp3) is 0.208. The summed E-state index contributed by atoms with van der Waals surface area (Å²) in [7, 11) is -0.421. The molecule has 7 aromatic carbocycles. The average Bonchev–Trinajstić information content (AvgIpc) is 3.79. The van der Waals surface area contributed by atoms with Gasteiger partial charge in [-0.05, 0) is 135 Å². The molecule has 0 saturated carbocycles. The van der Waals surface area contributed by atoms with E-state index in [0.717, 1.165) is 57.6 Å². The van der Waals surface area contributed by atoms with Crippen LogP contribution in [-0.2, 0) is 14.7 Å². The van der Waals surface area contributed by atoms with Crippen molar-refractivity contribution in [3.63, 3.8) is 0 Å². The van der Waals surface area contributed by atoms with Crippen LogP contribution in [0.4, 0.5) is 28.4 Å². The first-order chi connectivity index (χ1) is 28.9. The second-order valence-corrected chi connectivity index (χ2v) is 17.9. The Morgan fingerprint density at radius 1 is 0.533 bits per heavy atom. The number of aromatic nitrogens is 1. The van der Waals surface area contributed by atoms with Crippen LogP contribution >= 0.6 is 0 Å². The second-order valence-electron chi connectivity index (χ2n) is 17.9. The third-order valence-electron chi connectivity index (χ3n) is 13.6. The molecule has 7 heteroatoms. The molecule has 296 valence electrons. The standard InChI is InChI=1S/C53H48BN3O3/c1-8-55-47-20-14-15-21-49(47)58-50-33-38(25-29-48(50)55)56(36-24-28-46-42(31-36)41-18-12-13-19-45(41)57(46)35-16-10-9-11-17-35)37-23-27-40-39-26-22-34(30-43(39)51(2,3)44(40)32-37)54-59-52(4,5)53(6,7)60-54/h9-33H,8H2,1-7H3. The molecule has 1 aromatic heterocycles. The molecule has 0 bridgehead atoms. The molecule has 0 radical (unpaired) electrons. The van der Waals surface area contributed by atoms with E-state index in [-0.39, 0.29) is 5.41 Å². The normalized spacial score (nSPS) is 16.6. The van der Waals surface area contributed by atoms with Gasteiger partial charge in [0.15, 0.2) is 11.5 Å². The Labute approximate surface area is 352 Å². The van der Waals surface area contributed by atoms with Crippen molar-refractivity contribution in [3.05, 3.63) is 163 Å². The van der Waals surface area contributed by atoms with Crippen LogP contribution in [0, 0.1) is 0 Å². The molecule has 1 saturated heterocycles. The molecule has 8 aromatic rings. The van der Waals surface area contributed by atoms with Gasteiger partial charge in [0.2, 0.25) is 0 Å². The number of anilines is 5. The Morgan fingerprint density at radius 2 is 1.13 bits per heavy atom. The summed E-state index contributed by atoms with van der Waals surface area (Å²) in [6, 6.07) is 54.9. The Bertz CT molecular complexity index is 3010. The van der Waals surface area contributed by atoms with Gasteiger partial charge in [0.05, 0.1) is 33.6 Å². The summed E-state index contributed by atoms with van der Waals surface area (Å²) < 4.78 is 22.1.